The number of nitrogens with zero attached hydrogens (tertiary/aromatic N) is 1. The van der Waals surface area contributed by atoms with E-state index in [1.807, 2.05) is 18.2 Å². The summed E-state index contributed by atoms with van der Waals surface area (Å²) >= 11 is 3.39. The topological polar surface area (TPSA) is 61.6 Å². The molecular formula is C15H14BrNO4. The van der Waals surface area contributed by atoms with E-state index in [0.29, 0.717) is 18.1 Å². The molecule has 0 fully saturated rings. The van der Waals surface area contributed by atoms with E-state index < -0.39 is 4.92 Å². The molecule has 5 nitrogen and oxygen atoms in total. The Morgan fingerprint density at radius 1 is 1.10 bits per heavy atom. The van der Waals surface area contributed by atoms with Crippen molar-refractivity contribution in [2.75, 3.05) is 7.11 Å². The van der Waals surface area contributed by atoms with E-state index in [0.717, 1.165) is 16.5 Å². The molecule has 0 spiro atoms. The molecule has 0 aliphatic rings. The second-order valence-electron chi connectivity index (χ2n) is 4.33. The van der Waals surface area contributed by atoms with Crippen molar-refractivity contribution < 1.29 is 14.4 Å². The van der Waals surface area contributed by atoms with Crippen molar-refractivity contribution in [1.29, 1.82) is 0 Å². The van der Waals surface area contributed by atoms with Crippen LogP contribution in [0.4, 0.5) is 5.69 Å². The number of ether oxygens (including phenoxy) is 2. The molecular weight excluding hydrogens is 338 g/mol. The maximum atomic E-state index is 10.6. The standard InChI is InChI=1S/C15H14BrNO4/c1-20-15-8-12(9-16)4-7-14(15)21-10-11-2-5-13(6-3-11)17(18)19/h2-8H,9-10H2,1H3. The summed E-state index contributed by atoms with van der Waals surface area (Å²) in [6.07, 6.45) is 0. The van der Waals surface area contributed by atoms with Gasteiger partial charge in [-0.25, -0.2) is 0 Å². The van der Waals surface area contributed by atoms with Crippen molar-refractivity contribution in [3.63, 3.8) is 0 Å². The van der Waals surface area contributed by atoms with E-state index in [1.165, 1.54) is 12.1 Å². The van der Waals surface area contributed by atoms with Crippen LogP contribution in [0.25, 0.3) is 0 Å². The lowest BCUT2D eigenvalue weighted by Crippen LogP contribution is -1.98. The Morgan fingerprint density at radius 3 is 2.33 bits per heavy atom. The zero-order valence-corrected chi connectivity index (χ0v) is 13.0. The molecule has 0 amide bonds. The Hall–Kier alpha value is -2.08. The molecule has 0 saturated heterocycles. The minimum Gasteiger partial charge on any atom is -0.493 e. The molecule has 0 N–H and O–H groups in total. The molecule has 2 aromatic rings. The summed E-state index contributed by atoms with van der Waals surface area (Å²) in [5, 5.41) is 11.3. The van der Waals surface area contributed by atoms with Gasteiger partial charge in [0.2, 0.25) is 0 Å². The second-order valence-corrected chi connectivity index (χ2v) is 4.89. The van der Waals surface area contributed by atoms with Crippen LogP contribution in [-0.4, -0.2) is 12.0 Å². The van der Waals surface area contributed by atoms with E-state index in [-0.39, 0.29) is 5.69 Å². The average molecular weight is 352 g/mol. The first-order valence-electron chi connectivity index (χ1n) is 6.23. The lowest BCUT2D eigenvalue weighted by atomic mass is 10.2. The monoisotopic (exact) mass is 351 g/mol. The predicted octanol–water partition coefficient (Wildman–Crippen LogP) is 4.08. The number of alkyl halides is 1. The molecule has 0 aliphatic heterocycles. The number of non-ortho nitro benzene ring substituents is 1. The molecule has 2 rings (SSSR count). The van der Waals surface area contributed by atoms with Gasteiger partial charge >= 0.3 is 0 Å². The summed E-state index contributed by atoms with van der Waals surface area (Å²) in [5.74, 6) is 1.30. The third kappa shape index (κ3) is 3.95. The second kappa shape index (κ2) is 7.08. The fourth-order valence-electron chi connectivity index (χ4n) is 1.79. The van der Waals surface area contributed by atoms with Crippen molar-refractivity contribution in [3.8, 4) is 11.5 Å². The third-order valence-corrected chi connectivity index (χ3v) is 3.57. The van der Waals surface area contributed by atoms with Gasteiger partial charge in [0, 0.05) is 17.5 Å². The summed E-state index contributed by atoms with van der Waals surface area (Å²) in [6.45, 7) is 0.321. The van der Waals surface area contributed by atoms with Gasteiger partial charge in [-0.1, -0.05) is 22.0 Å². The highest BCUT2D eigenvalue weighted by atomic mass is 79.9. The van der Waals surface area contributed by atoms with Gasteiger partial charge in [0.15, 0.2) is 11.5 Å². The van der Waals surface area contributed by atoms with Crippen LogP contribution in [0.2, 0.25) is 0 Å². The number of nitro benzene ring substituents is 1. The Morgan fingerprint density at radius 2 is 1.76 bits per heavy atom. The lowest BCUT2D eigenvalue weighted by Gasteiger charge is -2.11. The van der Waals surface area contributed by atoms with Crippen LogP contribution in [0.5, 0.6) is 11.5 Å². The maximum Gasteiger partial charge on any atom is 0.269 e. The fourth-order valence-corrected chi connectivity index (χ4v) is 2.14. The van der Waals surface area contributed by atoms with Crippen LogP contribution in [0.3, 0.4) is 0 Å². The van der Waals surface area contributed by atoms with Crippen LogP contribution in [0.1, 0.15) is 11.1 Å². The quantitative estimate of drug-likeness (QED) is 0.447. The molecule has 0 radical (unpaired) electrons. The van der Waals surface area contributed by atoms with E-state index >= 15 is 0 Å². The van der Waals surface area contributed by atoms with Crippen molar-refractivity contribution in [2.24, 2.45) is 0 Å². The summed E-state index contributed by atoms with van der Waals surface area (Å²) in [7, 11) is 1.59. The molecule has 2 aromatic carbocycles. The Bertz CT molecular complexity index is 628. The largest absolute Gasteiger partial charge is 0.493 e. The van der Waals surface area contributed by atoms with Crippen LogP contribution < -0.4 is 9.47 Å². The summed E-state index contributed by atoms with van der Waals surface area (Å²) in [4.78, 5) is 10.2. The molecule has 110 valence electrons. The first-order chi connectivity index (χ1) is 10.1. The zero-order chi connectivity index (χ0) is 15.2. The van der Waals surface area contributed by atoms with E-state index in [2.05, 4.69) is 15.9 Å². The van der Waals surface area contributed by atoms with Crippen LogP contribution >= 0.6 is 15.9 Å². The SMILES string of the molecule is COc1cc(CBr)ccc1OCc1ccc([N+](=O)[O-])cc1. The molecule has 0 atom stereocenters. The van der Waals surface area contributed by atoms with Crippen LogP contribution in [0, 0.1) is 10.1 Å². The first-order valence-corrected chi connectivity index (χ1v) is 7.35. The number of hydrogen-bond acceptors (Lipinski definition) is 4. The highest BCUT2D eigenvalue weighted by Crippen LogP contribution is 2.29. The molecule has 0 heterocycles. The third-order valence-electron chi connectivity index (χ3n) is 2.92. The maximum absolute atomic E-state index is 10.6. The van der Waals surface area contributed by atoms with Crippen molar-refractivity contribution >= 4 is 21.6 Å². The molecule has 21 heavy (non-hydrogen) atoms. The fraction of sp³-hybridized carbons (Fsp3) is 0.200. The number of nitro groups is 1. The average Bonchev–Trinajstić information content (AvgIpc) is 2.53. The first kappa shape index (κ1) is 15.3. The highest BCUT2D eigenvalue weighted by molar-refractivity contribution is 9.08. The highest BCUT2D eigenvalue weighted by Gasteiger charge is 2.07. The minimum absolute atomic E-state index is 0.0676. The number of methoxy groups -OCH3 is 1. The number of halogens is 1. The normalized spacial score (nSPS) is 10.2. The van der Waals surface area contributed by atoms with Gasteiger partial charge in [-0.3, -0.25) is 10.1 Å². The molecule has 6 heteroatoms. The predicted molar refractivity (Wildman–Crippen MR) is 83.1 cm³/mol. The smallest absolute Gasteiger partial charge is 0.269 e. The van der Waals surface area contributed by atoms with Gasteiger partial charge in [-0.2, -0.15) is 0 Å². The van der Waals surface area contributed by atoms with Gasteiger partial charge in [0.25, 0.3) is 5.69 Å². The molecule has 0 bridgehead atoms. The van der Waals surface area contributed by atoms with E-state index in [4.69, 9.17) is 9.47 Å². The van der Waals surface area contributed by atoms with Crippen molar-refractivity contribution in [1.82, 2.24) is 0 Å². The molecule has 0 saturated carbocycles. The minimum atomic E-state index is -0.424. The van der Waals surface area contributed by atoms with Crippen LogP contribution in [0.15, 0.2) is 42.5 Å². The number of benzene rings is 2. The van der Waals surface area contributed by atoms with Gasteiger partial charge < -0.3 is 9.47 Å². The summed E-state index contributed by atoms with van der Waals surface area (Å²) in [6, 6.07) is 12.0. The van der Waals surface area contributed by atoms with Gasteiger partial charge in [-0.15, -0.1) is 0 Å². The van der Waals surface area contributed by atoms with E-state index in [9.17, 15) is 10.1 Å². The Kier molecular flexibility index (Phi) is 5.16. The Balaban J connectivity index is 2.07. The molecule has 0 unspecified atom stereocenters. The van der Waals surface area contributed by atoms with Crippen LogP contribution in [-0.2, 0) is 11.9 Å². The number of hydrogen-bond donors (Lipinski definition) is 0. The van der Waals surface area contributed by atoms with Crippen molar-refractivity contribution in [2.45, 2.75) is 11.9 Å². The molecule has 0 aromatic heterocycles. The van der Waals surface area contributed by atoms with E-state index in [1.54, 1.807) is 19.2 Å². The Labute approximate surface area is 130 Å². The lowest BCUT2D eigenvalue weighted by molar-refractivity contribution is -0.384. The summed E-state index contributed by atoms with van der Waals surface area (Å²) in [5.41, 5.74) is 2.01. The van der Waals surface area contributed by atoms with Gasteiger partial charge in [0.1, 0.15) is 6.61 Å². The zero-order valence-electron chi connectivity index (χ0n) is 11.4. The van der Waals surface area contributed by atoms with Gasteiger partial charge in [-0.05, 0) is 35.4 Å². The molecule has 0 aliphatic carbocycles. The number of rotatable bonds is 6. The summed E-state index contributed by atoms with van der Waals surface area (Å²) < 4.78 is 11.0. The van der Waals surface area contributed by atoms with Gasteiger partial charge in [0.05, 0.1) is 12.0 Å². The van der Waals surface area contributed by atoms with Crippen molar-refractivity contribution in [3.05, 3.63) is 63.7 Å².